The molecule has 0 saturated heterocycles. The molecule has 0 aliphatic heterocycles. The molecule has 2 aromatic carbocycles. The molecular formula is C18H18FN3O7S. The van der Waals surface area contributed by atoms with E-state index in [1.807, 2.05) is 0 Å². The maximum Gasteiger partial charge on any atom is 0.321 e. The lowest BCUT2D eigenvalue weighted by molar-refractivity contribution is -0.384. The largest absolute Gasteiger partial charge is 0.455 e. The minimum atomic E-state index is -3.94. The molecule has 0 saturated carbocycles. The Hall–Kier alpha value is -3.38. The van der Waals surface area contributed by atoms with Crippen molar-refractivity contribution in [3.8, 4) is 0 Å². The highest BCUT2D eigenvalue weighted by Gasteiger charge is 2.24. The number of sulfonamides is 1. The van der Waals surface area contributed by atoms with Gasteiger partial charge in [0.2, 0.25) is 10.0 Å². The molecule has 2 rings (SSSR count). The van der Waals surface area contributed by atoms with E-state index in [1.54, 1.807) is 19.1 Å². The number of esters is 1. The first kappa shape index (κ1) is 22.9. The van der Waals surface area contributed by atoms with Crippen LogP contribution in [0.3, 0.4) is 0 Å². The highest BCUT2D eigenvalue weighted by atomic mass is 32.2. The Bertz CT molecular complexity index is 1070. The van der Waals surface area contributed by atoms with Crippen LogP contribution < -0.4 is 5.32 Å². The monoisotopic (exact) mass is 439 g/mol. The number of ether oxygens (including phenoxy) is 1. The van der Waals surface area contributed by atoms with Crippen LogP contribution in [0, 0.1) is 22.9 Å². The Morgan fingerprint density at radius 3 is 2.43 bits per heavy atom. The number of carbonyl (C=O) groups excluding carboxylic acids is 2. The molecule has 0 atom stereocenters. The van der Waals surface area contributed by atoms with Gasteiger partial charge in [-0.05, 0) is 31.2 Å². The summed E-state index contributed by atoms with van der Waals surface area (Å²) in [5.41, 5.74) is -0.0801. The number of carbonyl (C=O) groups is 2. The van der Waals surface area contributed by atoms with Gasteiger partial charge in [0.25, 0.3) is 11.6 Å². The fraction of sp³-hybridized carbons (Fsp3) is 0.222. The van der Waals surface area contributed by atoms with Crippen molar-refractivity contribution in [3.63, 3.8) is 0 Å². The van der Waals surface area contributed by atoms with Crippen molar-refractivity contribution >= 4 is 33.3 Å². The van der Waals surface area contributed by atoms with E-state index in [2.05, 4.69) is 5.32 Å². The number of halogens is 1. The lowest BCUT2D eigenvalue weighted by Crippen LogP contribution is -2.34. The van der Waals surface area contributed by atoms with Crippen molar-refractivity contribution in [2.24, 2.45) is 0 Å². The lowest BCUT2D eigenvalue weighted by atomic mass is 10.2. The zero-order valence-electron chi connectivity index (χ0n) is 16.0. The van der Waals surface area contributed by atoms with E-state index in [1.165, 1.54) is 19.2 Å². The van der Waals surface area contributed by atoms with Crippen LogP contribution in [-0.2, 0) is 24.3 Å². The molecule has 1 N–H and O–H groups in total. The van der Waals surface area contributed by atoms with E-state index < -0.39 is 51.5 Å². The van der Waals surface area contributed by atoms with Gasteiger partial charge in [0.1, 0.15) is 18.0 Å². The Balaban J connectivity index is 1.93. The molecule has 1 amide bonds. The predicted molar refractivity (Wildman–Crippen MR) is 104 cm³/mol. The molecule has 2 aromatic rings. The molecule has 0 aliphatic carbocycles. The fourth-order valence-electron chi connectivity index (χ4n) is 2.30. The number of nitrogens with one attached hydrogen (secondary N) is 1. The van der Waals surface area contributed by atoms with Gasteiger partial charge in [-0.2, -0.15) is 4.31 Å². The number of nitro groups is 1. The van der Waals surface area contributed by atoms with Crippen LogP contribution in [0.15, 0.2) is 47.4 Å². The van der Waals surface area contributed by atoms with Crippen LogP contribution in [0.5, 0.6) is 0 Å². The third kappa shape index (κ3) is 5.81. The SMILES string of the molecule is Cc1ccc(S(=O)(=O)N(C)CC(=O)OCC(=O)Nc2ccc(F)cc2[N+](=O)[O-])cc1. The number of benzene rings is 2. The van der Waals surface area contributed by atoms with Crippen LogP contribution in [0.2, 0.25) is 0 Å². The Kier molecular flexibility index (Phi) is 7.19. The molecular weight excluding hydrogens is 421 g/mol. The minimum absolute atomic E-state index is 0.00948. The molecule has 0 aliphatic rings. The van der Waals surface area contributed by atoms with Gasteiger partial charge in [-0.3, -0.25) is 19.7 Å². The predicted octanol–water partition coefficient (Wildman–Crippen LogP) is 1.84. The first-order valence-corrected chi connectivity index (χ1v) is 9.87. The highest BCUT2D eigenvalue weighted by Crippen LogP contribution is 2.24. The minimum Gasteiger partial charge on any atom is -0.455 e. The Morgan fingerprint density at radius 2 is 1.83 bits per heavy atom. The van der Waals surface area contributed by atoms with Crippen LogP contribution in [0.1, 0.15) is 5.56 Å². The zero-order chi connectivity index (χ0) is 22.5. The van der Waals surface area contributed by atoms with E-state index >= 15 is 0 Å². The van der Waals surface area contributed by atoms with Gasteiger partial charge < -0.3 is 10.1 Å². The van der Waals surface area contributed by atoms with Crippen molar-refractivity contribution in [1.82, 2.24) is 4.31 Å². The van der Waals surface area contributed by atoms with E-state index in [-0.39, 0.29) is 10.6 Å². The number of hydrogen-bond acceptors (Lipinski definition) is 7. The van der Waals surface area contributed by atoms with Gasteiger partial charge >= 0.3 is 5.97 Å². The number of nitro benzene ring substituents is 1. The second kappa shape index (κ2) is 9.41. The Morgan fingerprint density at radius 1 is 1.20 bits per heavy atom. The zero-order valence-corrected chi connectivity index (χ0v) is 16.8. The first-order chi connectivity index (χ1) is 14.0. The summed E-state index contributed by atoms with van der Waals surface area (Å²) in [5, 5.41) is 13.0. The van der Waals surface area contributed by atoms with Gasteiger partial charge in [0.05, 0.1) is 15.9 Å². The van der Waals surface area contributed by atoms with Crippen molar-refractivity contribution < 1.29 is 32.1 Å². The van der Waals surface area contributed by atoms with E-state index in [0.29, 0.717) is 6.07 Å². The van der Waals surface area contributed by atoms with Gasteiger partial charge in [-0.1, -0.05) is 17.7 Å². The molecule has 30 heavy (non-hydrogen) atoms. The summed E-state index contributed by atoms with van der Waals surface area (Å²) >= 11 is 0. The highest BCUT2D eigenvalue weighted by molar-refractivity contribution is 7.89. The van der Waals surface area contributed by atoms with Crippen LogP contribution in [0.25, 0.3) is 0 Å². The normalized spacial score (nSPS) is 11.2. The van der Waals surface area contributed by atoms with Gasteiger partial charge in [0, 0.05) is 7.05 Å². The van der Waals surface area contributed by atoms with Crippen molar-refractivity contribution in [2.45, 2.75) is 11.8 Å². The average molecular weight is 439 g/mol. The number of likely N-dealkylation sites (N-methyl/N-ethyl adjacent to an activating group) is 1. The number of aryl methyl sites for hydroxylation is 1. The van der Waals surface area contributed by atoms with E-state index in [4.69, 9.17) is 4.74 Å². The number of amides is 1. The summed E-state index contributed by atoms with van der Waals surface area (Å²) in [4.78, 5) is 33.8. The number of anilines is 1. The van der Waals surface area contributed by atoms with E-state index in [0.717, 1.165) is 22.0 Å². The molecule has 0 fully saturated rings. The second-order valence-corrected chi connectivity index (χ2v) is 8.25. The molecule has 10 nitrogen and oxygen atoms in total. The maximum absolute atomic E-state index is 13.1. The molecule has 12 heteroatoms. The first-order valence-electron chi connectivity index (χ1n) is 8.43. The number of rotatable bonds is 8. The quantitative estimate of drug-likeness (QED) is 0.376. The molecule has 0 radical (unpaired) electrons. The average Bonchev–Trinajstić information content (AvgIpc) is 2.68. The standard InChI is InChI=1S/C18H18FN3O7S/c1-12-3-6-14(7-4-12)30(27,28)21(2)10-18(24)29-11-17(23)20-15-8-5-13(19)9-16(15)22(25)26/h3-9H,10-11H2,1-2H3,(H,20,23). The smallest absolute Gasteiger partial charge is 0.321 e. The molecule has 0 unspecified atom stereocenters. The number of hydrogen-bond donors (Lipinski definition) is 1. The van der Waals surface area contributed by atoms with E-state index in [9.17, 15) is 32.5 Å². The molecule has 0 bridgehead atoms. The van der Waals surface area contributed by atoms with Gasteiger partial charge in [-0.15, -0.1) is 0 Å². The third-order valence-corrected chi connectivity index (χ3v) is 5.69. The summed E-state index contributed by atoms with van der Waals surface area (Å²) in [5.74, 6) is -2.78. The Labute approximate surface area is 171 Å². The van der Waals surface area contributed by atoms with Gasteiger partial charge in [-0.25, -0.2) is 12.8 Å². The number of nitrogens with zero attached hydrogens (tertiary/aromatic N) is 2. The summed E-state index contributed by atoms with van der Waals surface area (Å²) < 4.78 is 43.5. The summed E-state index contributed by atoms with van der Waals surface area (Å²) in [6.45, 7) is 0.328. The summed E-state index contributed by atoms with van der Waals surface area (Å²) in [7, 11) is -2.76. The topological polar surface area (TPSA) is 136 Å². The maximum atomic E-state index is 13.1. The van der Waals surface area contributed by atoms with Crippen LogP contribution in [-0.4, -0.2) is 49.7 Å². The molecule has 0 aromatic heterocycles. The molecule has 160 valence electrons. The summed E-state index contributed by atoms with van der Waals surface area (Å²) in [6.07, 6.45) is 0. The van der Waals surface area contributed by atoms with Crippen LogP contribution >= 0.6 is 0 Å². The molecule has 0 heterocycles. The second-order valence-electron chi connectivity index (χ2n) is 6.20. The fourth-order valence-corrected chi connectivity index (χ4v) is 3.41. The summed E-state index contributed by atoms with van der Waals surface area (Å²) in [6, 6.07) is 8.56. The van der Waals surface area contributed by atoms with Crippen molar-refractivity contribution in [1.29, 1.82) is 0 Å². The van der Waals surface area contributed by atoms with Gasteiger partial charge in [0.15, 0.2) is 6.61 Å². The lowest BCUT2D eigenvalue weighted by Gasteiger charge is -2.16. The van der Waals surface area contributed by atoms with Crippen molar-refractivity contribution in [2.75, 3.05) is 25.5 Å². The third-order valence-electron chi connectivity index (χ3n) is 3.88. The van der Waals surface area contributed by atoms with Crippen LogP contribution in [0.4, 0.5) is 15.8 Å². The molecule has 0 spiro atoms. The van der Waals surface area contributed by atoms with Crippen molar-refractivity contribution in [3.05, 3.63) is 64.0 Å².